The molecule has 0 amide bonds. The van der Waals surface area contributed by atoms with Gasteiger partial charge in [-0.1, -0.05) is 0 Å². The summed E-state index contributed by atoms with van der Waals surface area (Å²) in [6, 6.07) is 6.19. The Hall–Kier alpha value is -1.62. The molecule has 1 aliphatic rings. The molecule has 0 unspecified atom stereocenters. The van der Waals surface area contributed by atoms with Crippen molar-refractivity contribution in [2.75, 3.05) is 25.4 Å². The fourth-order valence-electron chi connectivity index (χ4n) is 2.47. The maximum absolute atomic E-state index is 12.6. The van der Waals surface area contributed by atoms with Crippen LogP contribution in [-0.4, -0.2) is 38.5 Å². The molecule has 1 fully saturated rings. The Balaban J connectivity index is 2.22. The number of nitriles is 1. The van der Waals surface area contributed by atoms with E-state index in [-0.39, 0.29) is 16.6 Å². The standard InChI is InChI=1S/C14H19N3O3S/c1-2-20-13-5-7-17(8-6-13)21(18,19)14-4-3-12(16)9-11(14)10-15/h3-4,9,13H,2,5-8,16H2,1H3. The van der Waals surface area contributed by atoms with Crippen molar-refractivity contribution in [1.29, 1.82) is 5.26 Å². The van der Waals surface area contributed by atoms with Crippen LogP contribution < -0.4 is 5.73 Å². The lowest BCUT2D eigenvalue weighted by Gasteiger charge is -2.31. The van der Waals surface area contributed by atoms with Gasteiger partial charge in [0.1, 0.15) is 11.0 Å². The summed E-state index contributed by atoms with van der Waals surface area (Å²) < 4.78 is 32.2. The van der Waals surface area contributed by atoms with Crippen molar-refractivity contribution in [2.45, 2.75) is 30.8 Å². The average Bonchev–Trinajstić information content (AvgIpc) is 2.47. The molecule has 1 aromatic carbocycles. The summed E-state index contributed by atoms with van der Waals surface area (Å²) in [5, 5.41) is 9.11. The zero-order valence-corrected chi connectivity index (χ0v) is 12.8. The van der Waals surface area contributed by atoms with E-state index in [0.717, 1.165) is 0 Å². The summed E-state index contributed by atoms with van der Waals surface area (Å²) in [6.45, 7) is 3.37. The smallest absolute Gasteiger partial charge is 0.244 e. The Labute approximate surface area is 125 Å². The second-order valence-electron chi connectivity index (χ2n) is 4.93. The SMILES string of the molecule is CCOC1CCN(S(=O)(=O)c2ccc(N)cc2C#N)CC1. The number of anilines is 1. The molecular formula is C14H19N3O3S. The number of benzene rings is 1. The number of hydrogen-bond acceptors (Lipinski definition) is 5. The largest absolute Gasteiger partial charge is 0.399 e. The molecule has 2 rings (SSSR count). The quantitative estimate of drug-likeness (QED) is 0.846. The van der Waals surface area contributed by atoms with Crippen molar-refractivity contribution in [2.24, 2.45) is 0 Å². The highest BCUT2D eigenvalue weighted by atomic mass is 32.2. The number of nitrogens with two attached hydrogens (primary N) is 1. The van der Waals surface area contributed by atoms with Crippen molar-refractivity contribution >= 4 is 15.7 Å². The summed E-state index contributed by atoms with van der Waals surface area (Å²) in [7, 11) is -3.66. The first-order chi connectivity index (χ1) is 9.98. The first-order valence-electron chi connectivity index (χ1n) is 6.90. The summed E-state index contributed by atoms with van der Waals surface area (Å²) in [5.41, 5.74) is 6.06. The third-order valence-electron chi connectivity index (χ3n) is 3.55. The van der Waals surface area contributed by atoms with Gasteiger partial charge in [0.25, 0.3) is 0 Å². The molecule has 0 spiro atoms. The zero-order valence-electron chi connectivity index (χ0n) is 11.9. The van der Waals surface area contributed by atoms with Crippen molar-refractivity contribution in [3.05, 3.63) is 23.8 Å². The Morgan fingerprint density at radius 2 is 2.10 bits per heavy atom. The molecule has 1 heterocycles. The van der Waals surface area contributed by atoms with Gasteiger partial charge in [0.15, 0.2) is 0 Å². The first kappa shape index (κ1) is 15.8. The van der Waals surface area contributed by atoms with E-state index < -0.39 is 10.0 Å². The van der Waals surface area contributed by atoms with E-state index in [1.165, 1.54) is 22.5 Å². The highest BCUT2D eigenvalue weighted by molar-refractivity contribution is 7.89. The van der Waals surface area contributed by atoms with Crippen molar-refractivity contribution < 1.29 is 13.2 Å². The Bertz CT molecular complexity index is 644. The van der Waals surface area contributed by atoms with Crippen LogP contribution in [0.25, 0.3) is 0 Å². The molecule has 0 saturated carbocycles. The monoisotopic (exact) mass is 309 g/mol. The molecule has 1 aliphatic heterocycles. The molecule has 0 aromatic heterocycles. The zero-order chi connectivity index (χ0) is 15.5. The molecule has 0 bridgehead atoms. The summed E-state index contributed by atoms with van der Waals surface area (Å²) >= 11 is 0. The highest BCUT2D eigenvalue weighted by Gasteiger charge is 2.31. The van der Waals surface area contributed by atoms with Crippen LogP contribution in [0.15, 0.2) is 23.1 Å². The van der Waals surface area contributed by atoms with Crippen LogP contribution in [0.1, 0.15) is 25.3 Å². The van der Waals surface area contributed by atoms with Crippen LogP contribution in [0.3, 0.4) is 0 Å². The topological polar surface area (TPSA) is 96.4 Å². The highest BCUT2D eigenvalue weighted by Crippen LogP contribution is 2.25. The van der Waals surface area contributed by atoms with Gasteiger partial charge in [0.2, 0.25) is 10.0 Å². The Morgan fingerprint density at radius 1 is 1.43 bits per heavy atom. The molecule has 0 aliphatic carbocycles. The minimum absolute atomic E-state index is 0.0223. The second-order valence-corrected chi connectivity index (χ2v) is 6.83. The molecule has 114 valence electrons. The molecule has 6 nitrogen and oxygen atoms in total. The molecule has 7 heteroatoms. The number of rotatable bonds is 4. The minimum Gasteiger partial charge on any atom is -0.399 e. The number of sulfonamides is 1. The number of piperidine rings is 1. The molecule has 1 saturated heterocycles. The average molecular weight is 309 g/mol. The fraction of sp³-hybridized carbons (Fsp3) is 0.500. The van der Waals surface area contributed by atoms with E-state index in [1.807, 2.05) is 13.0 Å². The van der Waals surface area contributed by atoms with Gasteiger partial charge in [-0.25, -0.2) is 8.42 Å². The van der Waals surface area contributed by atoms with Crippen molar-refractivity contribution in [3.63, 3.8) is 0 Å². The van der Waals surface area contributed by atoms with Crippen LogP contribution in [0.4, 0.5) is 5.69 Å². The molecule has 2 N–H and O–H groups in total. The van der Waals surface area contributed by atoms with Gasteiger partial charge >= 0.3 is 0 Å². The van der Waals surface area contributed by atoms with Gasteiger partial charge in [0.05, 0.1) is 11.7 Å². The molecule has 0 atom stereocenters. The van der Waals surface area contributed by atoms with E-state index in [9.17, 15) is 8.42 Å². The first-order valence-corrected chi connectivity index (χ1v) is 8.34. The van der Waals surface area contributed by atoms with Crippen LogP contribution in [-0.2, 0) is 14.8 Å². The molecule has 1 aromatic rings. The van der Waals surface area contributed by atoms with E-state index in [1.54, 1.807) is 0 Å². The lowest BCUT2D eigenvalue weighted by atomic mass is 10.1. The maximum Gasteiger partial charge on any atom is 0.244 e. The Kier molecular flexibility index (Phi) is 4.83. The van der Waals surface area contributed by atoms with Crippen LogP contribution in [0.5, 0.6) is 0 Å². The number of nitrogens with zero attached hydrogens (tertiary/aromatic N) is 2. The summed E-state index contributed by atoms with van der Waals surface area (Å²) in [4.78, 5) is 0.0223. The Morgan fingerprint density at radius 3 is 2.67 bits per heavy atom. The second kappa shape index (κ2) is 6.43. The number of nitrogen functional groups attached to an aromatic ring is 1. The maximum atomic E-state index is 12.6. The molecule has 0 radical (unpaired) electrons. The molecular weight excluding hydrogens is 290 g/mol. The lowest BCUT2D eigenvalue weighted by Crippen LogP contribution is -2.41. The van der Waals surface area contributed by atoms with Gasteiger partial charge < -0.3 is 10.5 Å². The van der Waals surface area contributed by atoms with Gasteiger partial charge in [-0.05, 0) is 38.0 Å². The van der Waals surface area contributed by atoms with Crippen LogP contribution in [0, 0.1) is 11.3 Å². The predicted molar refractivity (Wildman–Crippen MR) is 79.0 cm³/mol. The van der Waals surface area contributed by atoms with Crippen molar-refractivity contribution in [1.82, 2.24) is 4.31 Å². The summed E-state index contributed by atoms with van der Waals surface area (Å²) in [5.74, 6) is 0. The third kappa shape index (κ3) is 3.35. The van der Waals surface area contributed by atoms with Gasteiger partial charge in [-0.2, -0.15) is 9.57 Å². The molecule has 21 heavy (non-hydrogen) atoms. The fourth-order valence-corrected chi connectivity index (χ4v) is 4.07. The lowest BCUT2D eigenvalue weighted by molar-refractivity contribution is 0.0290. The van der Waals surface area contributed by atoms with E-state index >= 15 is 0 Å². The van der Waals surface area contributed by atoms with Crippen molar-refractivity contribution in [3.8, 4) is 6.07 Å². The predicted octanol–water partition coefficient (Wildman–Crippen LogP) is 1.33. The normalized spacial score (nSPS) is 17.5. The van der Waals surface area contributed by atoms with Crippen LogP contribution in [0.2, 0.25) is 0 Å². The number of ether oxygens (including phenoxy) is 1. The number of hydrogen-bond donors (Lipinski definition) is 1. The minimum atomic E-state index is -3.66. The van der Waals surface area contributed by atoms with Gasteiger partial charge in [0, 0.05) is 25.4 Å². The van der Waals surface area contributed by atoms with E-state index in [4.69, 9.17) is 15.7 Å². The van der Waals surface area contributed by atoms with E-state index in [0.29, 0.717) is 38.2 Å². The summed E-state index contributed by atoms with van der Waals surface area (Å²) in [6.07, 6.45) is 1.46. The van der Waals surface area contributed by atoms with E-state index in [2.05, 4.69) is 0 Å². The third-order valence-corrected chi connectivity index (χ3v) is 5.50. The van der Waals surface area contributed by atoms with Crippen LogP contribution >= 0.6 is 0 Å². The van der Waals surface area contributed by atoms with Gasteiger partial charge in [-0.3, -0.25) is 0 Å². The van der Waals surface area contributed by atoms with Gasteiger partial charge in [-0.15, -0.1) is 0 Å².